The van der Waals surface area contributed by atoms with Crippen molar-refractivity contribution in [2.75, 3.05) is 13.2 Å². The van der Waals surface area contributed by atoms with E-state index >= 15 is 0 Å². The Morgan fingerprint density at radius 3 is 2.36 bits per heavy atom. The highest BCUT2D eigenvalue weighted by Crippen LogP contribution is 2.45. The lowest BCUT2D eigenvalue weighted by Crippen LogP contribution is -2.16. The molecule has 2 heterocycles. The van der Waals surface area contributed by atoms with Gasteiger partial charge in [0.05, 0.1) is 16.6 Å². The Balaban J connectivity index is 1.76. The monoisotopic (exact) mass is 495 g/mol. The molecule has 1 aliphatic heterocycles. The first kappa shape index (κ1) is 23.6. The number of pyridine rings is 1. The molecule has 0 atom stereocenters. The van der Waals surface area contributed by atoms with Gasteiger partial charge >= 0.3 is 5.97 Å². The fourth-order valence-corrected chi connectivity index (χ4v) is 4.45. The highest BCUT2D eigenvalue weighted by molar-refractivity contribution is 6.03. The number of ether oxygens (including phenoxy) is 2. The average Bonchev–Trinajstić information content (AvgIpc) is 2.86. The molecule has 0 unspecified atom stereocenters. The number of hydrogen-bond acceptors (Lipinski definition) is 5. The van der Waals surface area contributed by atoms with Crippen molar-refractivity contribution >= 4 is 16.7 Å². The lowest BCUT2D eigenvalue weighted by atomic mass is 9.87. The smallest absolute Gasteiger partial charge is 0.335 e. The number of halogens is 3. The van der Waals surface area contributed by atoms with Gasteiger partial charge in [-0.2, -0.15) is 0 Å². The molecule has 0 amide bonds. The molecule has 1 aliphatic rings. The van der Waals surface area contributed by atoms with E-state index in [0.717, 1.165) is 18.2 Å². The van der Waals surface area contributed by atoms with E-state index in [2.05, 4.69) is 0 Å². The number of phenolic OH excluding ortho intramolecular Hbond substituents is 1. The van der Waals surface area contributed by atoms with Crippen molar-refractivity contribution in [1.29, 1.82) is 0 Å². The van der Waals surface area contributed by atoms with Gasteiger partial charge in [-0.05, 0) is 60.9 Å². The summed E-state index contributed by atoms with van der Waals surface area (Å²) in [4.78, 5) is 15.9. The fraction of sp³-hybridized carbons (Fsp3) is 0.185. The van der Waals surface area contributed by atoms with Crippen LogP contribution in [0.4, 0.5) is 13.2 Å². The molecule has 6 nitrogen and oxygen atoms in total. The minimum Gasteiger partial charge on any atom is -0.507 e. The molecule has 1 saturated heterocycles. The molecule has 9 heteroatoms. The molecule has 1 aromatic heterocycles. The Kier molecular flexibility index (Phi) is 6.24. The number of aromatic carboxylic acids is 1. The van der Waals surface area contributed by atoms with Crippen molar-refractivity contribution < 1.29 is 37.7 Å². The molecule has 0 radical (unpaired) electrons. The summed E-state index contributed by atoms with van der Waals surface area (Å²) in [5, 5.41) is 20.1. The van der Waals surface area contributed by atoms with Crippen LogP contribution in [0.25, 0.3) is 21.9 Å². The molecule has 0 saturated carbocycles. The van der Waals surface area contributed by atoms with Gasteiger partial charge in [0.15, 0.2) is 11.6 Å². The standard InChI is InChI=1S/C27H20F3NO5/c28-17-12-19-23(16-3-6-20(29)21(30)11-16)25(14-7-9-35-10-8-14)31-26(24(19)22(32)13-17)36-18-4-1-15(2-5-18)27(33)34/h1-6,11-14,32H,7-10H2,(H,33,34). The van der Waals surface area contributed by atoms with E-state index in [0.29, 0.717) is 37.3 Å². The fourth-order valence-electron chi connectivity index (χ4n) is 4.45. The van der Waals surface area contributed by atoms with Crippen LogP contribution in [0.5, 0.6) is 17.4 Å². The topological polar surface area (TPSA) is 88.9 Å². The molecular weight excluding hydrogens is 475 g/mol. The maximum Gasteiger partial charge on any atom is 0.335 e. The van der Waals surface area contributed by atoms with E-state index in [9.17, 15) is 23.1 Å². The van der Waals surface area contributed by atoms with Crippen molar-refractivity contribution in [1.82, 2.24) is 4.98 Å². The van der Waals surface area contributed by atoms with Gasteiger partial charge in [-0.3, -0.25) is 0 Å². The van der Waals surface area contributed by atoms with Crippen LogP contribution in [0.3, 0.4) is 0 Å². The second-order valence-electron chi connectivity index (χ2n) is 8.47. The molecule has 2 N–H and O–H groups in total. The van der Waals surface area contributed by atoms with Gasteiger partial charge in [-0.15, -0.1) is 0 Å². The van der Waals surface area contributed by atoms with E-state index in [-0.39, 0.29) is 39.4 Å². The largest absolute Gasteiger partial charge is 0.507 e. The van der Waals surface area contributed by atoms with Crippen molar-refractivity contribution in [3.63, 3.8) is 0 Å². The number of aromatic hydroxyl groups is 1. The normalized spacial score (nSPS) is 14.2. The number of fused-ring (bicyclic) bond motifs is 1. The van der Waals surface area contributed by atoms with Crippen molar-refractivity contribution in [2.45, 2.75) is 18.8 Å². The van der Waals surface area contributed by atoms with E-state index in [1.807, 2.05) is 0 Å². The van der Waals surface area contributed by atoms with E-state index in [1.165, 1.54) is 36.4 Å². The van der Waals surface area contributed by atoms with E-state index in [1.54, 1.807) is 0 Å². The maximum absolute atomic E-state index is 14.6. The molecule has 184 valence electrons. The molecular formula is C27H20F3NO5. The summed E-state index contributed by atoms with van der Waals surface area (Å²) in [5.41, 5.74) is 1.16. The quantitative estimate of drug-likeness (QED) is 0.333. The van der Waals surface area contributed by atoms with Crippen molar-refractivity contribution in [3.8, 4) is 28.5 Å². The molecule has 0 aliphatic carbocycles. The Morgan fingerprint density at radius 1 is 0.972 bits per heavy atom. The SMILES string of the molecule is O=C(O)c1ccc(Oc2nc(C3CCOCC3)c(-c3ccc(F)c(F)c3)c3cc(F)cc(O)c23)cc1. The zero-order valence-corrected chi connectivity index (χ0v) is 18.8. The number of carbonyl (C=O) groups is 1. The van der Waals surface area contributed by atoms with Gasteiger partial charge in [-0.1, -0.05) is 6.07 Å². The molecule has 0 spiro atoms. The molecule has 5 rings (SSSR count). The number of benzene rings is 3. The second-order valence-corrected chi connectivity index (χ2v) is 8.47. The van der Waals surface area contributed by atoms with Crippen LogP contribution >= 0.6 is 0 Å². The van der Waals surface area contributed by atoms with Crippen LogP contribution in [0, 0.1) is 17.5 Å². The van der Waals surface area contributed by atoms with Gasteiger partial charge in [-0.25, -0.2) is 22.9 Å². The van der Waals surface area contributed by atoms with Gasteiger partial charge in [0.2, 0.25) is 5.88 Å². The van der Waals surface area contributed by atoms with Crippen LogP contribution in [0.2, 0.25) is 0 Å². The predicted octanol–water partition coefficient (Wildman–Crippen LogP) is 6.41. The molecule has 4 aromatic rings. The zero-order valence-electron chi connectivity index (χ0n) is 18.8. The summed E-state index contributed by atoms with van der Waals surface area (Å²) in [7, 11) is 0. The van der Waals surface area contributed by atoms with E-state index < -0.39 is 29.2 Å². The first-order valence-electron chi connectivity index (χ1n) is 11.2. The summed E-state index contributed by atoms with van der Waals surface area (Å²) in [6, 6.07) is 11.1. The van der Waals surface area contributed by atoms with Crippen molar-refractivity contribution in [2.24, 2.45) is 0 Å². The van der Waals surface area contributed by atoms with Gasteiger partial charge in [0, 0.05) is 36.1 Å². The summed E-state index contributed by atoms with van der Waals surface area (Å²) < 4.78 is 54.0. The van der Waals surface area contributed by atoms with Gasteiger partial charge < -0.3 is 19.7 Å². The third kappa shape index (κ3) is 4.45. The lowest BCUT2D eigenvalue weighted by molar-refractivity contribution is 0.0696. The van der Waals surface area contributed by atoms with Crippen LogP contribution in [0.1, 0.15) is 34.8 Å². The summed E-state index contributed by atoms with van der Waals surface area (Å²) >= 11 is 0. The van der Waals surface area contributed by atoms with Crippen LogP contribution in [-0.4, -0.2) is 34.4 Å². The molecule has 36 heavy (non-hydrogen) atoms. The summed E-state index contributed by atoms with van der Waals surface area (Å²) in [5.74, 6) is -4.32. The zero-order chi connectivity index (χ0) is 25.4. The number of aromatic nitrogens is 1. The first-order valence-corrected chi connectivity index (χ1v) is 11.2. The highest BCUT2D eigenvalue weighted by Gasteiger charge is 2.27. The predicted molar refractivity (Wildman–Crippen MR) is 125 cm³/mol. The highest BCUT2D eigenvalue weighted by atomic mass is 19.2. The summed E-state index contributed by atoms with van der Waals surface area (Å²) in [6.07, 6.45) is 1.17. The maximum atomic E-state index is 14.6. The Labute approximate surface area is 203 Å². The Hall–Kier alpha value is -4.11. The van der Waals surface area contributed by atoms with Crippen LogP contribution in [-0.2, 0) is 4.74 Å². The third-order valence-corrected chi connectivity index (χ3v) is 6.18. The van der Waals surface area contributed by atoms with Crippen molar-refractivity contribution in [3.05, 3.63) is 83.3 Å². The van der Waals surface area contributed by atoms with Crippen LogP contribution < -0.4 is 4.74 Å². The second kappa shape index (κ2) is 9.50. The number of phenols is 1. The van der Waals surface area contributed by atoms with Gasteiger partial charge in [0.25, 0.3) is 0 Å². The molecule has 0 bridgehead atoms. The number of nitrogens with zero attached hydrogens (tertiary/aromatic N) is 1. The van der Waals surface area contributed by atoms with E-state index in [4.69, 9.17) is 19.6 Å². The van der Waals surface area contributed by atoms with Crippen LogP contribution in [0.15, 0.2) is 54.6 Å². The summed E-state index contributed by atoms with van der Waals surface area (Å²) in [6.45, 7) is 0.922. The number of hydrogen-bond donors (Lipinski definition) is 2. The number of rotatable bonds is 5. The number of carboxylic acid groups (broad SMARTS) is 1. The minimum atomic E-state index is -1.10. The lowest BCUT2D eigenvalue weighted by Gasteiger charge is -2.26. The minimum absolute atomic E-state index is 0.0293. The number of carboxylic acids is 1. The molecule has 3 aromatic carbocycles. The Bertz CT molecular complexity index is 1470. The molecule has 1 fully saturated rings. The first-order chi connectivity index (χ1) is 17.3. The van der Waals surface area contributed by atoms with Gasteiger partial charge in [0.1, 0.15) is 17.3 Å². The third-order valence-electron chi connectivity index (χ3n) is 6.18. The average molecular weight is 495 g/mol. The Morgan fingerprint density at radius 2 is 1.69 bits per heavy atom.